The zero-order chi connectivity index (χ0) is 20.4. The third-order valence-corrected chi connectivity index (χ3v) is 6.16. The van der Waals surface area contributed by atoms with Crippen LogP contribution in [0.1, 0.15) is 46.6 Å². The number of fused-ring (bicyclic) bond motifs is 1. The lowest BCUT2D eigenvalue weighted by Gasteiger charge is -2.32. The maximum Gasteiger partial charge on any atom is 0.494 e. The fourth-order valence-electron chi connectivity index (χ4n) is 3.74. The number of imide groups is 1. The highest BCUT2D eigenvalue weighted by molar-refractivity contribution is 6.62. The summed E-state index contributed by atoms with van der Waals surface area (Å²) in [6.45, 7) is 7.95. The molecule has 8 nitrogen and oxygen atoms in total. The highest BCUT2D eigenvalue weighted by Crippen LogP contribution is 2.36. The van der Waals surface area contributed by atoms with Crippen molar-refractivity contribution < 1.29 is 18.9 Å². The number of amides is 2. The van der Waals surface area contributed by atoms with Crippen LogP contribution in [0.2, 0.25) is 0 Å². The van der Waals surface area contributed by atoms with E-state index in [9.17, 15) is 14.4 Å². The molecule has 2 amide bonds. The van der Waals surface area contributed by atoms with E-state index in [4.69, 9.17) is 9.31 Å². The van der Waals surface area contributed by atoms with Gasteiger partial charge in [-0.3, -0.25) is 24.0 Å². The topological polar surface area (TPSA) is 91.6 Å². The number of rotatable bonds is 2. The molecule has 0 aliphatic carbocycles. The number of hydrogen-bond donors (Lipinski definition) is 1. The summed E-state index contributed by atoms with van der Waals surface area (Å²) in [5.74, 6) is -0.751. The van der Waals surface area contributed by atoms with Crippen molar-refractivity contribution in [3.63, 3.8) is 0 Å². The van der Waals surface area contributed by atoms with Crippen LogP contribution in [0.5, 0.6) is 0 Å². The average Bonchev–Trinajstić information content (AvgIpc) is 2.98. The second kappa shape index (κ2) is 6.05. The number of hydrogen-bond acceptors (Lipinski definition) is 5. The first kappa shape index (κ1) is 19.0. The van der Waals surface area contributed by atoms with E-state index in [0.29, 0.717) is 17.5 Å². The quantitative estimate of drug-likeness (QED) is 0.605. The van der Waals surface area contributed by atoms with Crippen molar-refractivity contribution >= 4 is 35.4 Å². The van der Waals surface area contributed by atoms with E-state index in [1.54, 1.807) is 13.1 Å². The number of piperidine rings is 1. The zero-order valence-corrected chi connectivity index (χ0v) is 16.7. The van der Waals surface area contributed by atoms with Gasteiger partial charge in [0.15, 0.2) is 0 Å². The monoisotopic (exact) mass is 385 g/mol. The normalized spacial score (nSPS) is 24.0. The number of aromatic nitrogens is 2. The van der Waals surface area contributed by atoms with Gasteiger partial charge in [0.25, 0.3) is 0 Å². The van der Waals surface area contributed by atoms with Gasteiger partial charge in [-0.25, -0.2) is 4.79 Å². The molecule has 1 aromatic heterocycles. The van der Waals surface area contributed by atoms with Gasteiger partial charge >= 0.3 is 12.8 Å². The van der Waals surface area contributed by atoms with E-state index in [1.807, 2.05) is 39.8 Å². The van der Waals surface area contributed by atoms with Crippen LogP contribution in [0.25, 0.3) is 11.0 Å². The Hall–Kier alpha value is -2.39. The number of imidazole rings is 1. The summed E-state index contributed by atoms with van der Waals surface area (Å²) in [5, 5.41) is 2.32. The van der Waals surface area contributed by atoms with E-state index < -0.39 is 30.3 Å². The highest BCUT2D eigenvalue weighted by atomic mass is 16.7. The van der Waals surface area contributed by atoms with Gasteiger partial charge in [0.1, 0.15) is 6.04 Å². The summed E-state index contributed by atoms with van der Waals surface area (Å²) >= 11 is 0. The van der Waals surface area contributed by atoms with Crippen LogP contribution >= 0.6 is 0 Å². The van der Waals surface area contributed by atoms with Crippen molar-refractivity contribution in [2.75, 3.05) is 0 Å². The fraction of sp³-hybridized carbons (Fsp3) is 0.526. The van der Waals surface area contributed by atoms with Crippen molar-refractivity contribution in [1.29, 1.82) is 0 Å². The molecule has 1 unspecified atom stereocenters. The minimum Gasteiger partial charge on any atom is -0.399 e. The summed E-state index contributed by atoms with van der Waals surface area (Å²) < 4.78 is 15.2. The number of carbonyl (C=O) groups excluding carboxylic acids is 2. The molecule has 148 valence electrons. The molecule has 28 heavy (non-hydrogen) atoms. The van der Waals surface area contributed by atoms with Gasteiger partial charge in [0.2, 0.25) is 11.8 Å². The lowest BCUT2D eigenvalue weighted by Crippen LogP contribution is -2.44. The number of nitrogens with one attached hydrogen (secondary N) is 1. The lowest BCUT2D eigenvalue weighted by atomic mass is 9.79. The first-order chi connectivity index (χ1) is 13.0. The Labute approximate surface area is 162 Å². The molecule has 1 aromatic carbocycles. The van der Waals surface area contributed by atoms with E-state index in [-0.39, 0.29) is 18.0 Å². The first-order valence-corrected chi connectivity index (χ1v) is 9.42. The van der Waals surface area contributed by atoms with Gasteiger partial charge in [-0.05, 0) is 51.7 Å². The van der Waals surface area contributed by atoms with Crippen LogP contribution in [-0.2, 0) is 25.9 Å². The molecule has 1 N–H and O–H groups in total. The summed E-state index contributed by atoms with van der Waals surface area (Å²) in [4.78, 5) is 36.6. The molecular weight excluding hydrogens is 361 g/mol. The fourth-order valence-corrected chi connectivity index (χ4v) is 3.74. The summed E-state index contributed by atoms with van der Waals surface area (Å²) in [5.41, 5.74) is 0.913. The Bertz CT molecular complexity index is 1040. The Balaban J connectivity index is 1.77. The largest absolute Gasteiger partial charge is 0.494 e. The minimum absolute atomic E-state index is 0.214. The van der Waals surface area contributed by atoms with Gasteiger partial charge in [0, 0.05) is 13.5 Å². The van der Waals surface area contributed by atoms with Gasteiger partial charge < -0.3 is 9.31 Å². The molecule has 1 atom stereocenters. The second-order valence-electron chi connectivity index (χ2n) is 8.51. The van der Waals surface area contributed by atoms with Crippen molar-refractivity contribution in [2.24, 2.45) is 7.05 Å². The standard InChI is InChI=1S/C19H24BN3O5/c1-18(2)19(3,4)28-20(27-18)11-6-7-12-14(10-11)22(5)17(26)23(12)13-8-9-15(24)21-16(13)25/h6-7,10,13H,8-9H2,1-5H3,(H,21,24,25). The van der Waals surface area contributed by atoms with Crippen LogP contribution in [0, 0.1) is 0 Å². The van der Waals surface area contributed by atoms with Crippen molar-refractivity contribution in [2.45, 2.75) is 57.8 Å². The number of nitrogens with zero attached hydrogens (tertiary/aromatic N) is 2. The van der Waals surface area contributed by atoms with E-state index >= 15 is 0 Å². The van der Waals surface area contributed by atoms with Gasteiger partial charge in [-0.15, -0.1) is 0 Å². The van der Waals surface area contributed by atoms with Gasteiger partial charge in [-0.1, -0.05) is 6.07 Å². The third-order valence-electron chi connectivity index (χ3n) is 6.16. The predicted octanol–water partition coefficient (Wildman–Crippen LogP) is 0.617. The lowest BCUT2D eigenvalue weighted by molar-refractivity contribution is -0.135. The zero-order valence-electron chi connectivity index (χ0n) is 16.7. The Morgan fingerprint density at radius 3 is 2.32 bits per heavy atom. The molecule has 2 saturated heterocycles. The van der Waals surface area contributed by atoms with E-state index in [2.05, 4.69) is 5.32 Å². The molecule has 4 rings (SSSR count). The Morgan fingerprint density at radius 1 is 1.07 bits per heavy atom. The van der Waals surface area contributed by atoms with Crippen LogP contribution in [0.4, 0.5) is 0 Å². The van der Waals surface area contributed by atoms with E-state index in [0.717, 1.165) is 5.46 Å². The van der Waals surface area contributed by atoms with Crippen LogP contribution in [0.3, 0.4) is 0 Å². The molecule has 2 aliphatic heterocycles. The molecule has 2 aliphatic rings. The average molecular weight is 385 g/mol. The molecule has 2 fully saturated rings. The highest BCUT2D eigenvalue weighted by Gasteiger charge is 2.51. The maximum atomic E-state index is 12.9. The third kappa shape index (κ3) is 2.72. The summed E-state index contributed by atoms with van der Waals surface area (Å²) in [6.07, 6.45) is 0.522. The Morgan fingerprint density at radius 2 is 1.71 bits per heavy atom. The van der Waals surface area contributed by atoms with Crippen molar-refractivity contribution in [1.82, 2.24) is 14.5 Å². The van der Waals surface area contributed by atoms with Crippen molar-refractivity contribution in [3.8, 4) is 0 Å². The minimum atomic E-state index is -0.698. The van der Waals surface area contributed by atoms with Crippen LogP contribution in [-0.4, -0.2) is 39.3 Å². The predicted molar refractivity (Wildman–Crippen MR) is 104 cm³/mol. The van der Waals surface area contributed by atoms with Crippen LogP contribution < -0.4 is 16.5 Å². The van der Waals surface area contributed by atoms with Crippen molar-refractivity contribution in [3.05, 3.63) is 28.7 Å². The molecule has 9 heteroatoms. The molecule has 3 heterocycles. The number of aryl methyl sites for hydroxylation is 1. The smallest absolute Gasteiger partial charge is 0.399 e. The van der Waals surface area contributed by atoms with Crippen LogP contribution in [0.15, 0.2) is 23.0 Å². The SMILES string of the molecule is Cn1c(=O)n(C2CCC(=O)NC2=O)c2ccc(B3OC(C)(C)C(C)(C)O3)cc21. The Kier molecular flexibility index (Phi) is 4.10. The molecular formula is C19H24BN3O5. The van der Waals surface area contributed by atoms with E-state index in [1.165, 1.54) is 9.13 Å². The summed E-state index contributed by atoms with van der Waals surface area (Å²) in [7, 11) is 1.13. The maximum absolute atomic E-state index is 12.9. The number of benzene rings is 1. The molecule has 0 radical (unpaired) electrons. The first-order valence-electron chi connectivity index (χ1n) is 9.42. The van der Waals surface area contributed by atoms with Gasteiger partial charge in [0.05, 0.1) is 22.2 Å². The summed E-state index contributed by atoms with van der Waals surface area (Å²) in [6, 6.07) is 4.82. The molecule has 0 bridgehead atoms. The molecule has 0 saturated carbocycles. The second-order valence-corrected chi connectivity index (χ2v) is 8.51. The molecule has 0 spiro atoms. The van der Waals surface area contributed by atoms with Gasteiger partial charge in [-0.2, -0.15) is 0 Å². The molecule has 2 aromatic rings. The number of carbonyl (C=O) groups is 2.